The van der Waals surface area contributed by atoms with Crippen LogP contribution in [0, 0.1) is 11.3 Å². The summed E-state index contributed by atoms with van der Waals surface area (Å²) >= 11 is 0. The molecule has 1 aromatic heterocycles. The van der Waals surface area contributed by atoms with Crippen LogP contribution in [-0.2, 0) is 0 Å². The van der Waals surface area contributed by atoms with E-state index in [1.54, 1.807) is 6.07 Å². The van der Waals surface area contributed by atoms with Crippen molar-refractivity contribution in [2.75, 3.05) is 44.2 Å². The number of nitrogens with one attached hydrogen (secondary N) is 1. The van der Waals surface area contributed by atoms with Crippen LogP contribution in [0.5, 0.6) is 0 Å². The molecule has 1 saturated heterocycles. The maximum atomic E-state index is 12.3. The molecule has 0 atom stereocenters. The second kappa shape index (κ2) is 10.9. The van der Waals surface area contributed by atoms with Gasteiger partial charge in [0.15, 0.2) is 5.76 Å². The van der Waals surface area contributed by atoms with Gasteiger partial charge in [-0.25, -0.2) is 0 Å². The fraction of sp³-hybridized carbons (Fsp3) is 0.333. The molecule has 1 fully saturated rings. The first-order chi connectivity index (χ1) is 14.7. The Hall–Kier alpha value is -3.01. The number of nitrogens with zero attached hydrogens (tertiary/aromatic N) is 3. The predicted octanol–water partition coefficient (Wildman–Crippen LogP) is 4.06. The minimum Gasteiger partial charge on any atom is -0.451 e. The molecule has 7 heteroatoms. The van der Waals surface area contributed by atoms with Crippen LogP contribution >= 0.6 is 12.4 Å². The van der Waals surface area contributed by atoms with Gasteiger partial charge in [-0.15, -0.1) is 12.4 Å². The van der Waals surface area contributed by atoms with Gasteiger partial charge < -0.3 is 14.6 Å². The van der Waals surface area contributed by atoms with Crippen LogP contribution in [0.4, 0.5) is 5.69 Å². The van der Waals surface area contributed by atoms with Crippen LogP contribution in [0.3, 0.4) is 0 Å². The Morgan fingerprint density at radius 1 is 1.03 bits per heavy atom. The highest BCUT2D eigenvalue weighted by atomic mass is 35.5. The molecule has 31 heavy (non-hydrogen) atoms. The number of unbranched alkanes of at least 4 members (excludes halogenated alkanes) is 1. The van der Waals surface area contributed by atoms with E-state index >= 15 is 0 Å². The zero-order valence-electron chi connectivity index (χ0n) is 17.4. The maximum absolute atomic E-state index is 12.3. The number of hydrogen-bond donors (Lipinski definition) is 1. The standard InChI is InChI=1S/C24H26N4O2.ClH/c25-18-19-6-5-8-21(16-19)28-14-12-27(13-15-28)11-4-3-10-26-24(29)23-17-20-7-1-2-9-22(20)30-23;/h1-2,5-9,16-17H,3-4,10-15H2,(H,26,29);1H. The van der Waals surface area contributed by atoms with Crippen molar-refractivity contribution >= 4 is 35.0 Å². The smallest absolute Gasteiger partial charge is 0.287 e. The summed E-state index contributed by atoms with van der Waals surface area (Å²) < 4.78 is 5.60. The zero-order chi connectivity index (χ0) is 20.8. The first-order valence-corrected chi connectivity index (χ1v) is 10.5. The van der Waals surface area contributed by atoms with Crippen LogP contribution in [0.15, 0.2) is 59.0 Å². The summed E-state index contributed by atoms with van der Waals surface area (Å²) in [7, 11) is 0. The highest BCUT2D eigenvalue weighted by Crippen LogP contribution is 2.19. The zero-order valence-corrected chi connectivity index (χ0v) is 18.2. The molecule has 0 spiro atoms. The fourth-order valence-corrected chi connectivity index (χ4v) is 3.85. The van der Waals surface area contributed by atoms with E-state index in [1.165, 1.54) is 0 Å². The molecule has 1 N–H and O–H groups in total. The largest absolute Gasteiger partial charge is 0.451 e. The van der Waals surface area contributed by atoms with Gasteiger partial charge in [0, 0.05) is 43.8 Å². The van der Waals surface area contributed by atoms with E-state index in [1.807, 2.05) is 42.5 Å². The van der Waals surface area contributed by atoms with Crippen molar-refractivity contribution in [1.29, 1.82) is 5.26 Å². The summed E-state index contributed by atoms with van der Waals surface area (Å²) in [4.78, 5) is 17.1. The van der Waals surface area contributed by atoms with Crippen molar-refractivity contribution < 1.29 is 9.21 Å². The molecule has 0 radical (unpaired) electrons. The number of carbonyl (C=O) groups excluding carboxylic acids is 1. The number of para-hydroxylation sites is 1. The minimum atomic E-state index is -0.153. The van der Waals surface area contributed by atoms with Crippen molar-refractivity contribution in [1.82, 2.24) is 10.2 Å². The average molecular weight is 439 g/mol. The van der Waals surface area contributed by atoms with Gasteiger partial charge in [0.05, 0.1) is 11.6 Å². The van der Waals surface area contributed by atoms with E-state index in [0.29, 0.717) is 17.9 Å². The van der Waals surface area contributed by atoms with Crippen LogP contribution < -0.4 is 10.2 Å². The molecule has 1 aliphatic rings. The molecule has 4 rings (SSSR count). The summed E-state index contributed by atoms with van der Waals surface area (Å²) in [5.74, 6) is 0.215. The molecular formula is C24H27ClN4O2. The molecule has 3 aromatic rings. The van der Waals surface area contributed by atoms with Gasteiger partial charge in [0.2, 0.25) is 0 Å². The van der Waals surface area contributed by atoms with Gasteiger partial charge in [-0.05, 0) is 49.7 Å². The summed E-state index contributed by atoms with van der Waals surface area (Å²) in [6, 6.07) is 19.4. The minimum absolute atomic E-state index is 0. The van der Waals surface area contributed by atoms with Crippen LogP contribution in [-0.4, -0.2) is 50.1 Å². The number of fused-ring (bicyclic) bond motifs is 1. The number of anilines is 1. The van der Waals surface area contributed by atoms with Gasteiger partial charge >= 0.3 is 0 Å². The lowest BCUT2D eigenvalue weighted by Crippen LogP contribution is -2.46. The quantitative estimate of drug-likeness (QED) is 0.563. The van der Waals surface area contributed by atoms with Crippen LogP contribution in [0.2, 0.25) is 0 Å². The molecule has 0 saturated carbocycles. The molecule has 1 aliphatic heterocycles. The molecule has 0 aliphatic carbocycles. The summed E-state index contributed by atoms with van der Waals surface area (Å²) in [5.41, 5.74) is 2.57. The SMILES string of the molecule is Cl.N#Cc1cccc(N2CCN(CCCCNC(=O)c3cc4ccccc4o3)CC2)c1. The van der Waals surface area contributed by atoms with Gasteiger partial charge in [-0.2, -0.15) is 5.26 Å². The van der Waals surface area contributed by atoms with E-state index in [9.17, 15) is 4.79 Å². The second-order valence-electron chi connectivity index (χ2n) is 7.60. The third-order valence-electron chi connectivity index (χ3n) is 5.55. The van der Waals surface area contributed by atoms with Gasteiger partial charge in [-0.1, -0.05) is 24.3 Å². The monoisotopic (exact) mass is 438 g/mol. The van der Waals surface area contributed by atoms with Crippen molar-refractivity contribution in [2.45, 2.75) is 12.8 Å². The first kappa shape index (κ1) is 22.7. The highest BCUT2D eigenvalue weighted by molar-refractivity contribution is 5.96. The van der Waals surface area contributed by atoms with Crippen LogP contribution in [0.1, 0.15) is 29.0 Å². The maximum Gasteiger partial charge on any atom is 0.287 e. The Kier molecular flexibility index (Phi) is 7.94. The molecule has 1 amide bonds. The lowest BCUT2D eigenvalue weighted by Gasteiger charge is -2.36. The molecule has 2 heterocycles. The predicted molar refractivity (Wildman–Crippen MR) is 125 cm³/mol. The number of piperazine rings is 1. The van der Waals surface area contributed by atoms with Gasteiger partial charge in [-0.3, -0.25) is 9.69 Å². The number of furan rings is 1. The van der Waals surface area contributed by atoms with E-state index in [0.717, 1.165) is 62.2 Å². The molecule has 0 unspecified atom stereocenters. The average Bonchev–Trinajstić information content (AvgIpc) is 3.24. The number of benzene rings is 2. The number of rotatable bonds is 7. The summed E-state index contributed by atoms with van der Waals surface area (Å²) in [6.07, 6.45) is 1.99. The molecule has 0 bridgehead atoms. The Morgan fingerprint density at radius 3 is 2.61 bits per heavy atom. The first-order valence-electron chi connectivity index (χ1n) is 10.5. The number of nitriles is 1. The molecule has 2 aromatic carbocycles. The Balaban J connectivity index is 0.00000272. The van der Waals surface area contributed by atoms with Crippen molar-refractivity contribution in [2.24, 2.45) is 0 Å². The summed E-state index contributed by atoms with van der Waals surface area (Å²) in [5, 5.41) is 13.0. The molecular weight excluding hydrogens is 412 g/mol. The van der Waals surface area contributed by atoms with E-state index < -0.39 is 0 Å². The lowest BCUT2D eigenvalue weighted by molar-refractivity contribution is 0.0927. The summed E-state index contributed by atoms with van der Waals surface area (Å²) in [6.45, 7) is 5.66. The van der Waals surface area contributed by atoms with E-state index in [4.69, 9.17) is 9.68 Å². The van der Waals surface area contributed by atoms with E-state index in [2.05, 4.69) is 27.3 Å². The second-order valence-corrected chi connectivity index (χ2v) is 7.60. The Labute approximate surface area is 188 Å². The van der Waals surface area contributed by atoms with Gasteiger partial charge in [0.25, 0.3) is 5.91 Å². The third-order valence-corrected chi connectivity index (χ3v) is 5.55. The highest BCUT2D eigenvalue weighted by Gasteiger charge is 2.17. The molecule has 162 valence electrons. The van der Waals surface area contributed by atoms with Crippen molar-refractivity contribution in [3.63, 3.8) is 0 Å². The third kappa shape index (κ3) is 5.78. The van der Waals surface area contributed by atoms with Crippen molar-refractivity contribution in [3.05, 3.63) is 65.9 Å². The lowest BCUT2D eigenvalue weighted by atomic mass is 10.2. The number of amides is 1. The Bertz CT molecular complexity index is 1020. The fourth-order valence-electron chi connectivity index (χ4n) is 3.85. The number of halogens is 1. The topological polar surface area (TPSA) is 72.5 Å². The van der Waals surface area contributed by atoms with Crippen LogP contribution in [0.25, 0.3) is 11.0 Å². The number of carbonyl (C=O) groups is 1. The van der Waals surface area contributed by atoms with Crippen molar-refractivity contribution in [3.8, 4) is 6.07 Å². The van der Waals surface area contributed by atoms with Gasteiger partial charge in [0.1, 0.15) is 5.58 Å². The van der Waals surface area contributed by atoms with E-state index in [-0.39, 0.29) is 18.3 Å². The Morgan fingerprint density at radius 2 is 1.84 bits per heavy atom. The molecule has 6 nitrogen and oxygen atoms in total. The number of hydrogen-bond acceptors (Lipinski definition) is 5. The normalized spacial score (nSPS) is 14.1.